The molecule has 0 aromatic heterocycles. The fourth-order valence-electron chi connectivity index (χ4n) is 1.60. The second-order valence-electron chi connectivity index (χ2n) is 4.32. The number of non-ortho nitro benzene ring substituents is 1. The first-order chi connectivity index (χ1) is 9.63. The van der Waals surface area contributed by atoms with E-state index in [1.165, 1.54) is 18.2 Å². The lowest BCUT2D eigenvalue weighted by Gasteiger charge is -2.01. The summed E-state index contributed by atoms with van der Waals surface area (Å²) in [6.45, 7) is 1.30. The topological polar surface area (TPSA) is 98.3 Å². The summed E-state index contributed by atoms with van der Waals surface area (Å²) in [6, 6.07) is 6.01. The highest BCUT2D eigenvalue weighted by Gasteiger charge is 2.02. The molecule has 0 radical (unpaired) electrons. The molecule has 6 heteroatoms. The van der Waals surface area contributed by atoms with E-state index in [1.54, 1.807) is 18.2 Å². The summed E-state index contributed by atoms with van der Waals surface area (Å²) >= 11 is 0. The first kappa shape index (κ1) is 15.8. The standard InChI is InChI=1S/C14H19N3O3/c15-10-2-1-3-11-16-14(18)9-6-12-4-7-13(8-5-12)17(19)20/h4-9H,1-3,10-11,15H2,(H,16,18)/b9-6+. The lowest BCUT2D eigenvalue weighted by molar-refractivity contribution is -0.384. The minimum atomic E-state index is -0.457. The van der Waals surface area contributed by atoms with Crippen LogP contribution in [0.5, 0.6) is 0 Å². The van der Waals surface area contributed by atoms with Gasteiger partial charge in [-0.2, -0.15) is 0 Å². The predicted molar refractivity (Wildman–Crippen MR) is 78.0 cm³/mol. The van der Waals surface area contributed by atoms with Crippen molar-refractivity contribution in [3.63, 3.8) is 0 Å². The van der Waals surface area contributed by atoms with E-state index in [0.717, 1.165) is 24.8 Å². The van der Waals surface area contributed by atoms with Crippen LogP contribution in [0.1, 0.15) is 24.8 Å². The minimum absolute atomic E-state index is 0.0338. The zero-order valence-electron chi connectivity index (χ0n) is 11.2. The van der Waals surface area contributed by atoms with Crippen molar-refractivity contribution >= 4 is 17.7 Å². The SMILES string of the molecule is NCCCCCNC(=O)/C=C/c1ccc([N+](=O)[O-])cc1. The van der Waals surface area contributed by atoms with Crippen LogP contribution in [-0.2, 0) is 4.79 Å². The predicted octanol–water partition coefficient (Wildman–Crippen LogP) is 1.85. The van der Waals surface area contributed by atoms with Crippen molar-refractivity contribution < 1.29 is 9.72 Å². The summed E-state index contributed by atoms with van der Waals surface area (Å²) in [4.78, 5) is 21.5. The molecule has 0 heterocycles. The van der Waals surface area contributed by atoms with Crippen molar-refractivity contribution in [2.45, 2.75) is 19.3 Å². The Hall–Kier alpha value is -2.21. The number of amides is 1. The van der Waals surface area contributed by atoms with E-state index in [2.05, 4.69) is 5.32 Å². The first-order valence-corrected chi connectivity index (χ1v) is 6.54. The Morgan fingerprint density at radius 2 is 1.95 bits per heavy atom. The van der Waals surface area contributed by atoms with Crippen LogP contribution in [0, 0.1) is 10.1 Å². The zero-order chi connectivity index (χ0) is 14.8. The molecule has 0 unspecified atom stereocenters. The summed E-state index contributed by atoms with van der Waals surface area (Å²) in [5.41, 5.74) is 6.15. The lowest BCUT2D eigenvalue weighted by atomic mass is 10.2. The molecule has 0 spiro atoms. The van der Waals surface area contributed by atoms with Crippen molar-refractivity contribution in [1.82, 2.24) is 5.32 Å². The van der Waals surface area contributed by atoms with Crippen LogP contribution in [-0.4, -0.2) is 23.9 Å². The van der Waals surface area contributed by atoms with Gasteiger partial charge < -0.3 is 11.1 Å². The highest BCUT2D eigenvalue weighted by molar-refractivity contribution is 5.91. The van der Waals surface area contributed by atoms with Gasteiger partial charge in [-0.15, -0.1) is 0 Å². The molecule has 0 aliphatic rings. The molecule has 20 heavy (non-hydrogen) atoms. The lowest BCUT2D eigenvalue weighted by Crippen LogP contribution is -2.22. The summed E-state index contributed by atoms with van der Waals surface area (Å²) in [6.07, 6.45) is 5.93. The van der Waals surface area contributed by atoms with Gasteiger partial charge in [0.1, 0.15) is 0 Å². The molecule has 1 rings (SSSR count). The van der Waals surface area contributed by atoms with Crippen molar-refractivity contribution in [2.75, 3.05) is 13.1 Å². The van der Waals surface area contributed by atoms with Gasteiger partial charge in [0, 0.05) is 24.8 Å². The molecular formula is C14H19N3O3. The number of unbranched alkanes of at least 4 members (excludes halogenated alkanes) is 2. The van der Waals surface area contributed by atoms with Gasteiger partial charge in [0.25, 0.3) is 5.69 Å². The maximum absolute atomic E-state index is 11.5. The molecule has 108 valence electrons. The average molecular weight is 277 g/mol. The third kappa shape index (κ3) is 6.10. The Morgan fingerprint density at radius 3 is 2.55 bits per heavy atom. The average Bonchev–Trinajstić information content (AvgIpc) is 2.45. The third-order valence-corrected chi connectivity index (χ3v) is 2.71. The largest absolute Gasteiger partial charge is 0.353 e. The number of carbonyl (C=O) groups excluding carboxylic acids is 1. The normalized spacial score (nSPS) is 10.7. The van der Waals surface area contributed by atoms with Crippen molar-refractivity contribution in [1.29, 1.82) is 0 Å². The van der Waals surface area contributed by atoms with Crippen LogP contribution in [0.3, 0.4) is 0 Å². The molecule has 0 saturated heterocycles. The first-order valence-electron chi connectivity index (χ1n) is 6.54. The van der Waals surface area contributed by atoms with Crippen LogP contribution in [0.4, 0.5) is 5.69 Å². The molecule has 1 aromatic carbocycles. The van der Waals surface area contributed by atoms with Crippen molar-refractivity contribution in [3.8, 4) is 0 Å². The van der Waals surface area contributed by atoms with Gasteiger partial charge in [-0.25, -0.2) is 0 Å². The maximum atomic E-state index is 11.5. The fourth-order valence-corrected chi connectivity index (χ4v) is 1.60. The minimum Gasteiger partial charge on any atom is -0.353 e. The van der Waals surface area contributed by atoms with Gasteiger partial charge in [0.2, 0.25) is 5.91 Å². The number of benzene rings is 1. The number of hydrogen-bond donors (Lipinski definition) is 2. The summed E-state index contributed by atoms with van der Waals surface area (Å²) in [7, 11) is 0. The van der Waals surface area contributed by atoms with Gasteiger partial charge >= 0.3 is 0 Å². The molecule has 0 aliphatic heterocycles. The zero-order valence-corrected chi connectivity index (χ0v) is 11.2. The van der Waals surface area contributed by atoms with E-state index >= 15 is 0 Å². The monoisotopic (exact) mass is 277 g/mol. The van der Waals surface area contributed by atoms with Gasteiger partial charge in [-0.3, -0.25) is 14.9 Å². The Kier molecular flexibility index (Phi) is 6.99. The number of nitro benzene ring substituents is 1. The number of nitro groups is 1. The smallest absolute Gasteiger partial charge is 0.269 e. The van der Waals surface area contributed by atoms with Crippen LogP contribution >= 0.6 is 0 Å². The highest BCUT2D eigenvalue weighted by atomic mass is 16.6. The van der Waals surface area contributed by atoms with E-state index in [4.69, 9.17) is 5.73 Å². The molecule has 0 atom stereocenters. The molecule has 0 bridgehead atoms. The van der Waals surface area contributed by atoms with Crippen LogP contribution in [0.25, 0.3) is 6.08 Å². The second kappa shape index (κ2) is 8.82. The number of rotatable bonds is 8. The van der Waals surface area contributed by atoms with E-state index in [1.807, 2.05) is 0 Å². The van der Waals surface area contributed by atoms with E-state index in [9.17, 15) is 14.9 Å². The Morgan fingerprint density at radius 1 is 1.25 bits per heavy atom. The Balaban J connectivity index is 2.35. The van der Waals surface area contributed by atoms with E-state index in [-0.39, 0.29) is 11.6 Å². The van der Waals surface area contributed by atoms with E-state index in [0.29, 0.717) is 13.1 Å². The molecule has 0 saturated carbocycles. The van der Waals surface area contributed by atoms with Gasteiger partial charge in [0.05, 0.1) is 4.92 Å². The Bertz CT molecular complexity index is 469. The summed E-state index contributed by atoms with van der Waals surface area (Å²) < 4.78 is 0. The molecule has 1 aromatic rings. The number of nitrogens with one attached hydrogen (secondary N) is 1. The summed E-state index contributed by atoms with van der Waals surface area (Å²) in [5.74, 6) is -0.170. The van der Waals surface area contributed by atoms with Crippen LogP contribution < -0.4 is 11.1 Å². The number of hydrogen-bond acceptors (Lipinski definition) is 4. The number of nitrogens with zero attached hydrogens (tertiary/aromatic N) is 1. The molecule has 6 nitrogen and oxygen atoms in total. The maximum Gasteiger partial charge on any atom is 0.269 e. The fraction of sp³-hybridized carbons (Fsp3) is 0.357. The molecule has 0 aliphatic carbocycles. The highest BCUT2D eigenvalue weighted by Crippen LogP contribution is 2.12. The quantitative estimate of drug-likeness (QED) is 0.328. The van der Waals surface area contributed by atoms with Gasteiger partial charge in [0.15, 0.2) is 0 Å². The number of carbonyl (C=O) groups is 1. The van der Waals surface area contributed by atoms with Gasteiger partial charge in [-0.05, 0) is 43.2 Å². The number of nitrogens with two attached hydrogens (primary N) is 1. The van der Waals surface area contributed by atoms with E-state index < -0.39 is 4.92 Å². The van der Waals surface area contributed by atoms with Gasteiger partial charge in [-0.1, -0.05) is 6.42 Å². The molecule has 3 N–H and O–H groups in total. The second-order valence-corrected chi connectivity index (χ2v) is 4.32. The Labute approximate surface area is 117 Å². The van der Waals surface area contributed by atoms with Crippen LogP contribution in [0.15, 0.2) is 30.3 Å². The third-order valence-electron chi connectivity index (χ3n) is 2.71. The molecule has 0 fully saturated rings. The van der Waals surface area contributed by atoms with Crippen molar-refractivity contribution in [3.05, 3.63) is 46.0 Å². The van der Waals surface area contributed by atoms with Crippen molar-refractivity contribution in [2.24, 2.45) is 5.73 Å². The molecule has 1 amide bonds. The molecular weight excluding hydrogens is 258 g/mol. The summed E-state index contributed by atoms with van der Waals surface area (Å²) in [5, 5.41) is 13.3. The van der Waals surface area contributed by atoms with Crippen LogP contribution in [0.2, 0.25) is 0 Å².